The van der Waals surface area contributed by atoms with Crippen LogP contribution in [0.15, 0.2) is 42.5 Å². The molecule has 3 rings (SSSR count). The molecule has 0 spiro atoms. The van der Waals surface area contributed by atoms with Gasteiger partial charge in [-0.05, 0) is 42.0 Å². The van der Waals surface area contributed by atoms with Crippen molar-refractivity contribution in [3.8, 4) is 11.5 Å². The minimum Gasteiger partial charge on any atom is -0.507 e. The minimum absolute atomic E-state index is 0.338. The number of phenolic OH excluding ortho intramolecular Hbond substituents is 1. The fourth-order valence-corrected chi connectivity index (χ4v) is 2.33. The van der Waals surface area contributed by atoms with Crippen LogP contribution in [0, 0.1) is 6.92 Å². The lowest BCUT2D eigenvalue weighted by Crippen LogP contribution is -1.84. The molecule has 0 aliphatic rings. The maximum absolute atomic E-state index is 10.3. The summed E-state index contributed by atoms with van der Waals surface area (Å²) in [6.45, 7) is 2.05. The summed E-state index contributed by atoms with van der Waals surface area (Å²) >= 11 is 0. The summed E-state index contributed by atoms with van der Waals surface area (Å²) in [5, 5.41) is 14.1. The van der Waals surface area contributed by atoms with E-state index in [9.17, 15) is 5.11 Å². The molecule has 3 aromatic carbocycles. The Hall–Kier alpha value is -2.22. The average Bonchev–Trinajstić information content (AvgIpc) is 2.38. The highest BCUT2D eigenvalue weighted by molar-refractivity contribution is 6.05. The van der Waals surface area contributed by atoms with Crippen molar-refractivity contribution in [3.05, 3.63) is 48.0 Å². The molecule has 90 valence electrons. The minimum atomic E-state index is 0.338. The van der Waals surface area contributed by atoms with Crippen molar-refractivity contribution < 1.29 is 9.84 Å². The summed E-state index contributed by atoms with van der Waals surface area (Å²) in [7, 11) is 1.65. The van der Waals surface area contributed by atoms with Crippen LogP contribution in [0.25, 0.3) is 21.5 Å². The first-order chi connectivity index (χ1) is 8.69. The van der Waals surface area contributed by atoms with E-state index in [0.29, 0.717) is 5.75 Å². The summed E-state index contributed by atoms with van der Waals surface area (Å²) in [5.74, 6) is 1.14. The van der Waals surface area contributed by atoms with Crippen molar-refractivity contribution in [2.24, 2.45) is 0 Å². The zero-order chi connectivity index (χ0) is 12.7. The Kier molecular flexibility index (Phi) is 2.37. The normalized spacial score (nSPS) is 11.0. The summed E-state index contributed by atoms with van der Waals surface area (Å²) in [6.07, 6.45) is 0. The van der Waals surface area contributed by atoms with Crippen molar-refractivity contribution in [2.75, 3.05) is 7.11 Å². The van der Waals surface area contributed by atoms with Gasteiger partial charge in [0.25, 0.3) is 0 Å². The number of hydrogen-bond donors (Lipinski definition) is 1. The number of phenols is 1. The maximum atomic E-state index is 10.3. The molecule has 0 fully saturated rings. The van der Waals surface area contributed by atoms with E-state index in [4.69, 9.17) is 4.74 Å². The molecule has 2 nitrogen and oxygen atoms in total. The number of hydrogen-bond acceptors (Lipinski definition) is 2. The van der Waals surface area contributed by atoms with E-state index in [1.165, 1.54) is 5.56 Å². The van der Waals surface area contributed by atoms with Gasteiger partial charge in [0.15, 0.2) is 0 Å². The van der Waals surface area contributed by atoms with Gasteiger partial charge < -0.3 is 9.84 Å². The Morgan fingerprint density at radius 3 is 2.28 bits per heavy atom. The lowest BCUT2D eigenvalue weighted by Gasteiger charge is -2.08. The molecule has 0 saturated carbocycles. The fourth-order valence-electron chi connectivity index (χ4n) is 2.33. The van der Waals surface area contributed by atoms with Gasteiger partial charge in [-0.3, -0.25) is 0 Å². The third-order valence-electron chi connectivity index (χ3n) is 3.29. The van der Waals surface area contributed by atoms with Crippen LogP contribution in [-0.2, 0) is 0 Å². The Morgan fingerprint density at radius 2 is 1.56 bits per heavy atom. The molecule has 3 aromatic rings. The summed E-state index contributed by atoms with van der Waals surface area (Å²) in [6, 6.07) is 13.8. The standard InChI is InChI=1S/C16H14O2/c1-10-3-5-14-11(7-10)8-12-9-13(18-2)4-6-15(12)16(14)17/h3-9,17H,1-2H3. The fraction of sp³-hybridized carbons (Fsp3) is 0.125. The summed E-state index contributed by atoms with van der Waals surface area (Å²) < 4.78 is 5.22. The zero-order valence-corrected chi connectivity index (χ0v) is 10.4. The van der Waals surface area contributed by atoms with Gasteiger partial charge >= 0.3 is 0 Å². The highest BCUT2D eigenvalue weighted by atomic mass is 16.5. The van der Waals surface area contributed by atoms with Crippen LogP contribution >= 0.6 is 0 Å². The Bertz CT molecular complexity index is 745. The van der Waals surface area contributed by atoms with Crippen LogP contribution < -0.4 is 4.74 Å². The van der Waals surface area contributed by atoms with Crippen LogP contribution in [0.3, 0.4) is 0 Å². The SMILES string of the molecule is COc1ccc2c(O)c3ccc(C)cc3cc2c1. The van der Waals surface area contributed by atoms with Crippen LogP contribution in [0.2, 0.25) is 0 Å². The molecule has 0 unspecified atom stereocenters. The van der Waals surface area contributed by atoms with Gasteiger partial charge in [-0.15, -0.1) is 0 Å². The van der Waals surface area contributed by atoms with E-state index in [-0.39, 0.29) is 0 Å². The lowest BCUT2D eigenvalue weighted by atomic mass is 10.0. The first kappa shape index (κ1) is 10.9. The first-order valence-corrected chi connectivity index (χ1v) is 5.89. The molecule has 0 aliphatic carbocycles. The zero-order valence-electron chi connectivity index (χ0n) is 10.4. The Balaban J connectivity index is 2.44. The average molecular weight is 238 g/mol. The van der Waals surface area contributed by atoms with E-state index in [1.807, 2.05) is 37.3 Å². The number of methoxy groups -OCH3 is 1. The molecule has 0 bridgehead atoms. The molecule has 0 amide bonds. The molecule has 0 radical (unpaired) electrons. The molecule has 0 heterocycles. The van der Waals surface area contributed by atoms with E-state index in [0.717, 1.165) is 27.3 Å². The number of fused-ring (bicyclic) bond motifs is 2. The van der Waals surface area contributed by atoms with Crippen molar-refractivity contribution in [2.45, 2.75) is 6.92 Å². The third kappa shape index (κ3) is 1.58. The number of aromatic hydroxyl groups is 1. The molecular formula is C16H14O2. The third-order valence-corrected chi connectivity index (χ3v) is 3.29. The largest absolute Gasteiger partial charge is 0.507 e. The number of rotatable bonds is 1. The second kappa shape index (κ2) is 3.91. The summed E-state index contributed by atoms with van der Waals surface area (Å²) in [4.78, 5) is 0. The van der Waals surface area contributed by atoms with E-state index >= 15 is 0 Å². The van der Waals surface area contributed by atoms with Crippen molar-refractivity contribution in [3.63, 3.8) is 0 Å². The maximum Gasteiger partial charge on any atom is 0.131 e. The van der Waals surface area contributed by atoms with Gasteiger partial charge in [0.1, 0.15) is 11.5 Å². The smallest absolute Gasteiger partial charge is 0.131 e. The molecule has 18 heavy (non-hydrogen) atoms. The molecule has 0 aliphatic heterocycles. The van der Waals surface area contributed by atoms with E-state index < -0.39 is 0 Å². The van der Waals surface area contributed by atoms with E-state index in [2.05, 4.69) is 12.1 Å². The second-order valence-corrected chi connectivity index (χ2v) is 4.54. The van der Waals surface area contributed by atoms with Crippen LogP contribution in [-0.4, -0.2) is 12.2 Å². The molecule has 1 N–H and O–H groups in total. The van der Waals surface area contributed by atoms with Crippen molar-refractivity contribution in [1.29, 1.82) is 0 Å². The van der Waals surface area contributed by atoms with E-state index in [1.54, 1.807) is 7.11 Å². The highest BCUT2D eigenvalue weighted by Gasteiger charge is 2.07. The Labute approximate surface area is 105 Å². The number of benzene rings is 3. The van der Waals surface area contributed by atoms with Gasteiger partial charge in [0.05, 0.1) is 7.11 Å². The molecule has 0 aromatic heterocycles. The summed E-state index contributed by atoms with van der Waals surface area (Å²) in [5.41, 5.74) is 1.18. The quantitative estimate of drug-likeness (QED) is 0.649. The van der Waals surface area contributed by atoms with Gasteiger partial charge in [0.2, 0.25) is 0 Å². The molecule has 0 saturated heterocycles. The second-order valence-electron chi connectivity index (χ2n) is 4.54. The highest BCUT2D eigenvalue weighted by Crippen LogP contribution is 2.35. The van der Waals surface area contributed by atoms with Gasteiger partial charge in [0, 0.05) is 10.8 Å². The van der Waals surface area contributed by atoms with Crippen molar-refractivity contribution in [1.82, 2.24) is 0 Å². The molecule has 2 heteroatoms. The van der Waals surface area contributed by atoms with Crippen LogP contribution in [0.5, 0.6) is 11.5 Å². The van der Waals surface area contributed by atoms with Crippen LogP contribution in [0.1, 0.15) is 5.56 Å². The van der Waals surface area contributed by atoms with Gasteiger partial charge in [-0.25, -0.2) is 0 Å². The topological polar surface area (TPSA) is 29.5 Å². The molecular weight excluding hydrogens is 224 g/mol. The predicted octanol–water partition coefficient (Wildman–Crippen LogP) is 4.02. The lowest BCUT2D eigenvalue weighted by molar-refractivity contribution is 0.415. The predicted molar refractivity (Wildman–Crippen MR) is 74.4 cm³/mol. The van der Waals surface area contributed by atoms with Crippen LogP contribution in [0.4, 0.5) is 0 Å². The number of aryl methyl sites for hydroxylation is 1. The Morgan fingerprint density at radius 1 is 0.889 bits per heavy atom. The number of ether oxygens (including phenoxy) is 1. The van der Waals surface area contributed by atoms with Crippen molar-refractivity contribution >= 4 is 21.5 Å². The monoisotopic (exact) mass is 238 g/mol. The van der Waals surface area contributed by atoms with Gasteiger partial charge in [-0.2, -0.15) is 0 Å². The van der Waals surface area contributed by atoms with Gasteiger partial charge in [-0.1, -0.05) is 23.8 Å². The first-order valence-electron chi connectivity index (χ1n) is 5.89. The molecule has 0 atom stereocenters.